The van der Waals surface area contributed by atoms with Crippen molar-refractivity contribution < 1.29 is 19.5 Å². The molecule has 0 aromatic heterocycles. The molecule has 0 radical (unpaired) electrons. The molecule has 3 rings (SSSR count). The molecule has 2 aromatic carbocycles. The molecule has 146 valence electrons. The van der Waals surface area contributed by atoms with Gasteiger partial charge in [-0.15, -0.1) is 0 Å². The van der Waals surface area contributed by atoms with Gasteiger partial charge >= 0.3 is 5.97 Å². The first-order valence-electron chi connectivity index (χ1n) is 9.28. The predicted octanol–water partition coefficient (Wildman–Crippen LogP) is 3.45. The normalized spacial score (nSPS) is 18.8. The second-order valence-corrected chi connectivity index (χ2v) is 7.47. The van der Waals surface area contributed by atoms with Gasteiger partial charge in [0.2, 0.25) is 5.91 Å². The number of hydrogen-bond acceptors (Lipinski definition) is 3. The van der Waals surface area contributed by atoms with Gasteiger partial charge in [0.15, 0.2) is 6.04 Å². The molecule has 0 bridgehead atoms. The molecule has 2 aromatic rings. The molecular weight excluding hydrogens is 356 g/mol. The monoisotopic (exact) mass is 380 g/mol. The molecule has 1 saturated carbocycles. The van der Waals surface area contributed by atoms with E-state index in [0.717, 1.165) is 17.5 Å². The minimum Gasteiger partial charge on any atom is -0.479 e. The van der Waals surface area contributed by atoms with Gasteiger partial charge in [0, 0.05) is 17.2 Å². The number of aryl methyl sites for hydroxylation is 2. The summed E-state index contributed by atoms with van der Waals surface area (Å²) in [6.07, 6.45) is 0.904. The molecule has 3 atom stereocenters. The number of amides is 2. The summed E-state index contributed by atoms with van der Waals surface area (Å²) in [5, 5.41) is 14.9. The third-order valence-corrected chi connectivity index (χ3v) is 5.25. The second-order valence-electron chi connectivity index (χ2n) is 7.47. The van der Waals surface area contributed by atoms with Gasteiger partial charge in [-0.3, -0.25) is 9.59 Å². The van der Waals surface area contributed by atoms with Crippen LogP contribution < -0.4 is 10.6 Å². The van der Waals surface area contributed by atoms with E-state index >= 15 is 0 Å². The zero-order chi connectivity index (χ0) is 20.4. The lowest BCUT2D eigenvalue weighted by atomic mass is 10.0. The first kappa shape index (κ1) is 19.6. The highest BCUT2D eigenvalue weighted by Gasteiger charge is 2.39. The van der Waals surface area contributed by atoms with Crippen LogP contribution in [0.3, 0.4) is 0 Å². The molecule has 0 saturated heterocycles. The van der Waals surface area contributed by atoms with Crippen LogP contribution in [0.15, 0.2) is 42.5 Å². The Bertz CT molecular complexity index is 921. The van der Waals surface area contributed by atoms with Crippen LogP contribution in [-0.2, 0) is 9.59 Å². The number of hydrogen-bond donors (Lipinski definition) is 3. The summed E-state index contributed by atoms with van der Waals surface area (Å²) in [6.45, 7) is 5.87. The smallest absolute Gasteiger partial charge is 0.330 e. The number of carboxylic acid groups (broad SMARTS) is 1. The fourth-order valence-electron chi connectivity index (χ4n) is 3.07. The van der Waals surface area contributed by atoms with Crippen LogP contribution in [0, 0.1) is 25.7 Å². The molecule has 2 amide bonds. The maximum atomic E-state index is 12.5. The maximum Gasteiger partial charge on any atom is 0.330 e. The van der Waals surface area contributed by atoms with Crippen molar-refractivity contribution in [2.24, 2.45) is 11.8 Å². The summed E-state index contributed by atoms with van der Waals surface area (Å²) in [6, 6.07) is 10.6. The van der Waals surface area contributed by atoms with Crippen LogP contribution in [0.1, 0.15) is 46.4 Å². The number of carbonyl (C=O) groups excluding carboxylic acids is 2. The number of nitrogens with one attached hydrogen (secondary N) is 2. The summed E-state index contributed by atoms with van der Waals surface area (Å²) in [7, 11) is 0. The molecule has 1 aliphatic carbocycles. The summed E-state index contributed by atoms with van der Waals surface area (Å²) < 4.78 is 0. The lowest BCUT2D eigenvalue weighted by Crippen LogP contribution is -2.33. The Labute approximate surface area is 164 Å². The van der Waals surface area contributed by atoms with Crippen LogP contribution in [0.5, 0.6) is 0 Å². The van der Waals surface area contributed by atoms with Crippen molar-refractivity contribution in [2.45, 2.75) is 33.2 Å². The molecule has 3 N–H and O–H groups in total. The zero-order valence-electron chi connectivity index (χ0n) is 16.2. The van der Waals surface area contributed by atoms with Gasteiger partial charge < -0.3 is 15.7 Å². The number of carboxylic acids is 1. The molecule has 6 heteroatoms. The molecule has 1 aliphatic rings. The fraction of sp³-hybridized carbons (Fsp3) is 0.318. The number of rotatable bonds is 6. The Morgan fingerprint density at radius 1 is 1.04 bits per heavy atom. The van der Waals surface area contributed by atoms with Gasteiger partial charge in [0.25, 0.3) is 5.91 Å². The number of carbonyl (C=O) groups is 3. The predicted molar refractivity (Wildman–Crippen MR) is 106 cm³/mol. The van der Waals surface area contributed by atoms with Crippen molar-refractivity contribution in [1.29, 1.82) is 0 Å². The quantitative estimate of drug-likeness (QED) is 0.715. The van der Waals surface area contributed by atoms with Crippen LogP contribution in [0.4, 0.5) is 5.69 Å². The number of aliphatic carboxylic acids is 1. The van der Waals surface area contributed by atoms with Gasteiger partial charge in [-0.1, -0.05) is 25.1 Å². The Morgan fingerprint density at radius 3 is 2.21 bits per heavy atom. The van der Waals surface area contributed by atoms with Gasteiger partial charge in [-0.2, -0.15) is 0 Å². The Morgan fingerprint density at radius 2 is 1.68 bits per heavy atom. The van der Waals surface area contributed by atoms with E-state index in [1.807, 2.05) is 26.8 Å². The topological polar surface area (TPSA) is 95.5 Å². The van der Waals surface area contributed by atoms with Crippen molar-refractivity contribution in [1.82, 2.24) is 5.32 Å². The van der Waals surface area contributed by atoms with E-state index in [9.17, 15) is 19.5 Å². The highest BCUT2D eigenvalue weighted by molar-refractivity contribution is 5.98. The van der Waals surface area contributed by atoms with E-state index in [4.69, 9.17) is 0 Å². The van der Waals surface area contributed by atoms with Gasteiger partial charge in [-0.25, -0.2) is 4.79 Å². The number of benzene rings is 2. The largest absolute Gasteiger partial charge is 0.479 e. The van der Waals surface area contributed by atoms with E-state index in [-0.39, 0.29) is 11.8 Å². The molecule has 0 spiro atoms. The summed E-state index contributed by atoms with van der Waals surface area (Å²) >= 11 is 0. The molecule has 0 aliphatic heterocycles. The average Bonchev–Trinajstić information content (AvgIpc) is 3.39. The molecule has 0 heterocycles. The van der Waals surface area contributed by atoms with Crippen molar-refractivity contribution in [2.75, 3.05) is 5.32 Å². The van der Waals surface area contributed by atoms with Crippen LogP contribution in [0.25, 0.3) is 0 Å². The molecular formula is C22H24N2O4. The summed E-state index contributed by atoms with van der Waals surface area (Å²) in [5.74, 6) is -1.13. The second kappa shape index (κ2) is 7.84. The van der Waals surface area contributed by atoms with Gasteiger partial charge in [0.05, 0.1) is 0 Å². The molecule has 6 nitrogen and oxygen atoms in total. The average molecular weight is 380 g/mol. The Hall–Kier alpha value is -3.15. The highest BCUT2D eigenvalue weighted by atomic mass is 16.4. The number of anilines is 1. The van der Waals surface area contributed by atoms with E-state index in [1.165, 1.54) is 0 Å². The van der Waals surface area contributed by atoms with E-state index in [1.54, 1.807) is 36.4 Å². The third-order valence-electron chi connectivity index (χ3n) is 5.25. The van der Waals surface area contributed by atoms with Crippen LogP contribution in [-0.4, -0.2) is 22.9 Å². The van der Waals surface area contributed by atoms with Crippen LogP contribution >= 0.6 is 0 Å². The van der Waals surface area contributed by atoms with E-state index in [2.05, 4.69) is 10.6 Å². The minimum absolute atomic E-state index is 0.00890. The van der Waals surface area contributed by atoms with Crippen molar-refractivity contribution in [3.63, 3.8) is 0 Å². The van der Waals surface area contributed by atoms with E-state index < -0.39 is 17.9 Å². The fourth-order valence-corrected chi connectivity index (χ4v) is 3.07. The van der Waals surface area contributed by atoms with Crippen molar-refractivity contribution >= 4 is 23.5 Å². The van der Waals surface area contributed by atoms with Crippen molar-refractivity contribution in [3.8, 4) is 0 Å². The molecule has 3 unspecified atom stereocenters. The Kier molecular flexibility index (Phi) is 5.49. The third kappa shape index (κ3) is 4.39. The lowest BCUT2D eigenvalue weighted by molar-refractivity contribution is -0.139. The molecule has 28 heavy (non-hydrogen) atoms. The highest BCUT2D eigenvalue weighted by Crippen LogP contribution is 2.38. The lowest BCUT2D eigenvalue weighted by Gasteiger charge is -2.16. The minimum atomic E-state index is -1.14. The van der Waals surface area contributed by atoms with Gasteiger partial charge in [0.1, 0.15) is 0 Å². The molecule has 1 fully saturated rings. The summed E-state index contributed by atoms with van der Waals surface area (Å²) in [4.78, 5) is 36.2. The Balaban J connectivity index is 1.68. The van der Waals surface area contributed by atoms with Crippen molar-refractivity contribution in [3.05, 3.63) is 64.7 Å². The zero-order valence-corrected chi connectivity index (χ0v) is 16.2. The SMILES string of the molecule is Cc1ccc(C(NC(=O)c2ccc(NC(=O)C3CC3C)cc2)C(=O)O)cc1C. The van der Waals surface area contributed by atoms with E-state index in [0.29, 0.717) is 22.7 Å². The standard InChI is InChI=1S/C22H24N2O4/c1-12-4-5-16(10-13(12)2)19(22(27)28)24-20(25)15-6-8-17(9-7-15)23-21(26)18-11-14(18)3/h4-10,14,18-19H,11H2,1-3H3,(H,23,26)(H,24,25)(H,27,28). The van der Waals surface area contributed by atoms with Crippen LogP contribution in [0.2, 0.25) is 0 Å². The maximum absolute atomic E-state index is 12.5. The summed E-state index contributed by atoms with van der Waals surface area (Å²) in [5.41, 5.74) is 3.48. The first-order valence-corrected chi connectivity index (χ1v) is 9.28. The first-order chi connectivity index (χ1) is 13.3. The van der Waals surface area contributed by atoms with Gasteiger partial charge in [-0.05, 0) is 67.1 Å².